The van der Waals surface area contributed by atoms with E-state index >= 15 is 0 Å². The number of carbonyl (C=O) groups is 1. The fourth-order valence-electron chi connectivity index (χ4n) is 2.34. The molecule has 21 heavy (non-hydrogen) atoms. The van der Waals surface area contributed by atoms with Gasteiger partial charge < -0.3 is 16.0 Å². The van der Waals surface area contributed by atoms with E-state index in [1.54, 1.807) is 18.2 Å². The van der Waals surface area contributed by atoms with Crippen molar-refractivity contribution >= 4 is 40.6 Å². The van der Waals surface area contributed by atoms with Gasteiger partial charge in [-0.25, -0.2) is 0 Å². The molecular weight excluding hydrogens is 306 g/mol. The smallest absolute Gasteiger partial charge is 0.225 e. The lowest BCUT2D eigenvalue weighted by Gasteiger charge is -2.31. The predicted molar refractivity (Wildman–Crippen MR) is 92.1 cm³/mol. The van der Waals surface area contributed by atoms with Gasteiger partial charge in [0.25, 0.3) is 0 Å². The summed E-state index contributed by atoms with van der Waals surface area (Å²) < 4.78 is 0. The molecule has 1 fully saturated rings. The first-order chi connectivity index (χ1) is 10.1. The number of nitrogens with two attached hydrogens (primary N) is 1. The Morgan fingerprint density at radius 1 is 1.57 bits per heavy atom. The highest BCUT2D eigenvalue weighted by Crippen LogP contribution is 2.23. The zero-order valence-corrected chi connectivity index (χ0v) is 13.8. The van der Waals surface area contributed by atoms with E-state index in [4.69, 9.17) is 17.3 Å². The zero-order chi connectivity index (χ0) is 15.2. The van der Waals surface area contributed by atoms with Crippen LogP contribution < -0.4 is 11.1 Å². The Kier molecular flexibility index (Phi) is 6.21. The Morgan fingerprint density at radius 3 is 3.14 bits per heavy atom. The van der Waals surface area contributed by atoms with Gasteiger partial charge in [-0.15, -0.1) is 0 Å². The van der Waals surface area contributed by atoms with Crippen molar-refractivity contribution in [1.82, 2.24) is 4.90 Å². The van der Waals surface area contributed by atoms with Crippen molar-refractivity contribution in [2.24, 2.45) is 0 Å². The standard InChI is InChI=1S/C15H22ClN3OS/c1-2-12-10-19(7-8-21-12)6-5-15(20)18-14-9-11(16)3-4-13(14)17/h3-4,9,12H,2,5-8,10,17H2,1H3,(H,18,20). The third-order valence-electron chi connectivity index (χ3n) is 3.62. The molecule has 1 aliphatic heterocycles. The van der Waals surface area contributed by atoms with Gasteiger partial charge in [-0.05, 0) is 24.6 Å². The maximum Gasteiger partial charge on any atom is 0.225 e. The van der Waals surface area contributed by atoms with Crippen molar-refractivity contribution in [2.75, 3.05) is 36.4 Å². The van der Waals surface area contributed by atoms with Gasteiger partial charge in [0, 0.05) is 42.1 Å². The predicted octanol–water partition coefficient (Wildman–Crippen LogP) is 3.08. The lowest BCUT2D eigenvalue weighted by atomic mass is 10.2. The van der Waals surface area contributed by atoms with Crippen LogP contribution in [0.25, 0.3) is 0 Å². The number of thioether (sulfide) groups is 1. The summed E-state index contributed by atoms with van der Waals surface area (Å²) >= 11 is 7.95. The molecule has 0 aliphatic carbocycles. The number of anilines is 2. The Morgan fingerprint density at radius 2 is 2.38 bits per heavy atom. The zero-order valence-electron chi connectivity index (χ0n) is 12.3. The van der Waals surface area contributed by atoms with Crippen molar-refractivity contribution in [2.45, 2.75) is 25.0 Å². The molecule has 1 aromatic rings. The average Bonchev–Trinajstić information content (AvgIpc) is 2.49. The lowest BCUT2D eigenvalue weighted by molar-refractivity contribution is -0.116. The Hall–Kier alpha value is -0.910. The SMILES string of the molecule is CCC1CN(CCC(=O)Nc2cc(Cl)ccc2N)CCS1. The minimum atomic E-state index is -0.0183. The summed E-state index contributed by atoms with van der Waals surface area (Å²) in [6.45, 7) is 5.15. The van der Waals surface area contributed by atoms with Crippen LogP contribution in [0.2, 0.25) is 5.02 Å². The molecule has 1 atom stereocenters. The molecule has 4 nitrogen and oxygen atoms in total. The van der Waals surface area contributed by atoms with E-state index in [-0.39, 0.29) is 5.91 Å². The number of nitrogens with one attached hydrogen (secondary N) is 1. The summed E-state index contributed by atoms with van der Waals surface area (Å²) in [7, 11) is 0. The third kappa shape index (κ3) is 5.09. The molecule has 0 bridgehead atoms. The summed E-state index contributed by atoms with van der Waals surface area (Å²) in [6, 6.07) is 5.09. The minimum Gasteiger partial charge on any atom is -0.397 e. The Labute approximate surface area is 135 Å². The molecule has 1 aliphatic rings. The summed E-state index contributed by atoms with van der Waals surface area (Å²) in [4.78, 5) is 14.4. The lowest BCUT2D eigenvalue weighted by Crippen LogP contribution is -2.39. The van der Waals surface area contributed by atoms with Gasteiger partial charge in [0.2, 0.25) is 5.91 Å². The molecule has 1 aromatic carbocycles. The van der Waals surface area contributed by atoms with Gasteiger partial charge in [-0.2, -0.15) is 11.8 Å². The molecule has 0 aromatic heterocycles. The fourth-order valence-corrected chi connectivity index (χ4v) is 3.76. The van der Waals surface area contributed by atoms with Crippen LogP contribution in [0.15, 0.2) is 18.2 Å². The second kappa shape index (κ2) is 7.92. The van der Waals surface area contributed by atoms with E-state index in [1.807, 2.05) is 11.8 Å². The van der Waals surface area contributed by atoms with E-state index in [1.165, 1.54) is 6.42 Å². The molecule has 0 radical (unpaired) electrons. The number of hydrogen-bond acceptors (Lipinski definition) is 4. The van der Waals surface area contributed by atoms with Crippen molar-refractivity contribution in [3.05, 3.63) is 23.2 Å². The molecule has 1 unspecified atom stereocenters. The largest absolute Gasteiger partial charge is 0.397 e. The highest BCUT2D eigenvalue weighted by molar-refractivity contribution is 8.00. The van der Waals surface area contributed by atoms with Crippen LogP contribution in [-0.4, -0.2) is 41.4 Å². The van der Waals surface area contributed by atoms with Crippen molar-refractivity contribution in [1.29, 1.82) is 0 Å². The summed E-state index contributed by atoms with van der Waals surface area (Å²) in [6.07, 6.45) is 1.67. The van der Waals surface area contributed by atoms with E-state index in [2.05, 4.69) is 17.1 Å². The van der Waals surface area contributed by atoms with Crippen LogP contribution in [0.3, 0.4) is 0 Å². The topological polar surface area (TPSA) is 58.4 Å². The van der Waals surface area contributed by atoms with Crippen LogP contribution in [0.5, 0.6) is 0 Å². The quantitative estimate of drug-likeness (QED) is 0.816. The molecule has 1 saturated heterocycles. The van der Waals surface area contributed by atoms with Gasteiger partial charge in [-0.1, -0.05) is 18.5 Å². The normalized spacial score (nSPS) is 19.4. The minimum absolute atomic E-state index is 0.0183. The molecule has 116 valence electrons. The number of benzene rings is 1. The van der Waals surface area contributed by atoms with Crippen LogP contribution in [0.1, 0.15) is 19.8 Å². The second-order valence-corrected chi connectivity index (χ2v) is 7.08. The van der Waals surface area contributed by atoms with Gasteiger partial charge in [0.1, 0.15) is 0 Å². The number of rotatable bonds is 5. The summed E-state index contributed by atoms with van der Waals surface area (Å²) in [5, 5.41) is 4.10. The van der Waals surface area contributed by atoms with Gasteiger partial charge >= 0.3 is 0 Å². The number of hydrogen-bond donors (Lipinski definition) is 2. The third-order valence-corrected chi connectivity index (χ3v) is 5.23. The maximum atomic E-state index is 12.0. The first-order valence-electron chi connectivity index (χ1n) is 7.27. The average molecular weight is 328 g/mol. The highest BCUT2D eigenvalue weighted by atomic mass is 35.5. The van der Waals surface area contributed by atoms with Crippen molar-refractivity contribution in [3.8, 4) is 0 Å². The maximum absolute atomic E-state index is 12.0. The van der Waals surface area contributed by atoms with Gasteiger partial charge in [0.05, 0.1) is 11.4 Å². The number of nitrogen functional groups attached to an aromatic ring is 1. The summed E-state index contributed by atoms with van der Waals surface area (Å²) in [5.41, 5.74) is 6.95. The van der Waals surface area contributed by atoms with Gasteiger partial charge in [-0.3, -0.25) is 4.79 Å². The molecule has 0 saturated carbocycles. The molecule has 1 heterocycles. The van der Waals surface area contributed by atoms with Crippen molar-refractivity contribution < 1.29 is 4.79 Å². The van der Waals surface area contributed by atoms with E-state index < -0.39 is 0 Å². The molecular formula is C15H22ClN3OS. The van der Waals surface area contributed by atoms with Crippen LogP contribution >= 0.6 is 23.4 Å². The number of halogens is 1. The molecule has 0 spiro atoms. The Bertz CT molecular complexity index is 498. The van der Waals surface area contributed by atoms with E-state index in [0.29, 0.717) is 28.1 Å². The number of nitrogens with zero attached hydrogens (tertiary/aromatic N) is 1. The first-order valence-corrected chi connectivity index (χ1v) is 8.70. The number of carbonyl (C=O) groups excluding carboxylic acids is 1. The molecule has 6 heteroatoms. The van der Waals surface area contributed by atoms with Crippen LogP contribution in [-0.2, 0) is 4.79 Å². The van der Waals surface area contributed by atoms with Crippen LogP contribution in [0.4, 0.5) is 11.4 Å². The molecule has 1 amide bonds. The summed E-state index contributed by atoms with van der Waals surface area (Å²) in [5.74, 6) is 1.14. The molecule has 2 rings (SSSR count). The van der Waals surface area contributed by atoms with E-state index in [0.717, 1.165) is 25.4 Å². The fraction of sp³-hybridized carbons (Fsp3) is 0.533. The second-order valence-electron chi connectivity index (χ2n) is 5.23. The monoisotopic (exact) mass is 327 g/mol. The van der Waals surface area contributed by atoms with Crippen LogP contribution in [0, 0.1) is 0 Å². The number of amides is 1. The van der Waals surface area contributed by atoms with E-state index in [9.17, 15) is 4.79 Å². The molecule has 3 N–H and O–H groups in total. The first kappa shape index (κ1) is 16.5. The van der Waals surface area contributed by atoms with Crippen molar-refractivity contribution in [3.63, 3.8) is 0 Å². The Balaban J connectivity index is 1.80. The van der Waals surface area contributed by atoms with Gasteiger partial charge in [0.15, 0.2) is 0 Å². The highest BCUT2D eigenvalue weighted by Gasteiger charge is 2.19.